The molecule has 0 N–H and O–H groups in total. The van der Waals surface area contributed by atoms with Crippen molar-refractivity contribution in [2.75, 3.05) is 0 Å². The lowest BCUT2D eigenvalue weighted by Crippen LogP contribution is -2.06. The molecule has 0 amide bonds. The van der Waals surface area contributed by atoms with Crippen LogP contribution in [-0.4, -0.2) is 16.4 Å². The fourth-order valence-electron chi connectivity index (χ4n) is 1.82. The topological polar surface area (TPSA) is 37.6 Å². The maximum absolute atomic E-state index is 4.28. The van der Waals surface area contributed by atoms with Crippen molar-refractivity contribution in [1.29, 1.82) is 0 Å². The second kappa shape index (κ2) is 4.29. The summed E-state index contributed by atoms with van der Waals surface area (Å²) in [5.41, 5.74) is 3.97. The lowest BCUT2D eigenvalue weighted by Gasteiger charge is -2.00. The molecule has 0 saturated carbocycles. The molecule has 0 atom stereocenters. The van der Waals surface area contributed by atoms with Crippen molar-refractivity contribution in [3.63, 3.8) is 0 Å². The number of nitrogens with zero attached hydrogens (tertiary/aromatic N) is 3. The Morgan fingerprint density at radius 2 is 1.53 bits per heavy atom. The average molecular weight is 221 g/mol. The molecule has 2 heterocycles. The lowest BCUT2D eigenvalue weighted by molar-refractivity contribution is 1.23. The van der Waals surface area contributed by atoms with Gasteiger partial charge in [-0.05, 0) is 17.7 Å². The van der Waals surface area contributed by atoms with Gasteiger partial charge in [0, 0.05) is 12.6 Å². The molecule has 0 aliphatic carbocycles. The van der Waals surface area contributed by atoms with Crippen molar-refractivity contribution in [2.24, 2.45) is 10.2 Å². The summed E-state index contributed by atoms with van der Waals surface area (Å²) in [6, 6.07) is 15.9. The summed E-state index contributed by atoms with van der Waals surface area (Å²) in [5, 5.41) is 8.43. The number of rotatable bonds is 2. The number of aromatic nitrogens is 1. The number of hydrogen-bond acceptors (Lipinski definition) is 3. The number of benzene rings is 1. The summed E-state index contributed by atoms with van der Waals surface area (Å²) in [6.45, 7) is 0. The summed E-state index contributed by atoms with van der Waals surface area (Å²) in [5.74, 6) is 0. The summed E-state index contributed by atoms with van der Waals surface area (Å²) < 4.78 is 0. The van der Waals surface area contributed by atoms with Gasteiger partial charge in [-0.1, -0.05) is 36.4 Å². The second-order valence-electron chi connectivity index (χ2n) is 3.85. The molecule has 0 spiro atoms. The minimum absolute atomic E-state index is 0.751. The van der Waals surface area contributed by atoms with Gasteiger partial charge in [0.2, 0.25) is 0 Å². The van der Waals surface area contributed by atoms with Gasteiger partial charge in [-0.3, -0.25) is 4.98 Å². The Morgan fingerprint density at radius 3 is 2.29 bits per heavy atom. The zero-order valence-corrected chi connectivity index (χ0v) is 9.24. The molecule has 3 rings (SSSR count). The van der Waals surface area contributed by atoms with Crippen LogP contribution in [0.25, 0.3) is 0 Å². The van der Waals surface area contributed by atoms with Gasteiger partial charge in [0.15, 0.2) is 0 Å². The van der Waals surface area contributed by atoms with Gasteiger partial charge >= 0.3 is 0 Å². The molecular formula is C14H11N3. The zero-order valence-electron chi connectivity index (χ0n) is 9.24. The van der Waals surface area contributed by atoms with Crippen molar-refractivity contribution in [1.82, 2.24) is 4.98 Å². The highest BCUT2D eigenvalue weighted by atomic mass is 15.2. The van der Waals surface area contributed by atoms with Gasteiger partial charge in [0.1, 0.15) is 0 Å². The minimum Gasteiger partial charge on any atom is -0.255 e. The van der Waals surface area contributed by atoms with E-state index in [-0.39, 0.29) is 0 Å². The van der Waals surface area contributed by atoms with Crippen LogP contribution in [0.3, 0.4) is 0 Å². The van der Waals surface area contributed by atoms with E-state index >= 15 is 0 Å². The van der Waals surface area contributed by atoms with E-state index < -0.39 is 0 Å². The molecule has 0 bridgehead atoms. The molecule has 2 aromatic rings. The molecule has 1 aromatic heterocycles. The van der Waals surface area contributed by atoms with Gasteiger partial charge in [-0.15, -0.1) is 0 Å². The monoisotopic (exact) mass is 221 g/mol. The maximum atomic E-state index is 4.28. The van der Waals surface area contributed by atoms with Crippen molar-refractivity contribution in [2.45, 2.75) is 6.42 Å². The van der Waals surface area contributed by atoms with Crippen LogP contribution in [0.1, 0.15) is 17.7 Å². The number of hydrogen-bond donors (Lipinski definition) is 0. The van der Waals surface area contributed by atoms with Crippen LogP contribution in [0.5, 0.6) is 0 Å². The van der Waals surface area contributed by atoms with Crippen LogP contribution in [0, 0.1) is 0 Å². The number of pyridine rings is 1. The highest BCUT2D eigenvalue weighted by molar-refractivity contribution is 6.19. The fourth-order valence-corrected chi connectivity index (χ4v) is 1.82. The van der Waals surface area contributed by atoms with E-state index in [4.69, 9.17) is 0 Å². The summed E-state index contributed by atoms with van der Waals surface area (Å²) in [6.07, 6.45) is 2.53. The summed E-state index contributed by atoms with van der Waals surface area (Å²) in [4.78, 5) is 4.28. The normalized spacial score (nSPS) is 14.4. The maximum Gasteiger partial charge on any atom is 0.0946 e. The van der Waals surface area contributed by atoms with Gasteiger partial charge < -0.3 is 0 Å². The Balaban J connectivity index is 1.81. The van der Waals surface area contributed by atoms with Gasteiger partial charge in [0.05, 0.1) is 17.1 Å². The first kappa shape index (κ1) is 9.90. The van der Waals surface area contributed by atoms with Gasteiger partial charge in [-0.25, -0.2) is 0 Å². The van der Waals surface area contributed by atoms with Crippen molar-refractivity contribution in [3.05, 3.63) is 66.0 Å². The van der Waals surface area contributed by atoms with Crippen molar-refractivity contribution in [3.8, 4) is 0 Å². The molecule has 3 heteroatoms. The van der Waals surface area contributed by atoms with E-state index in [2.05, 4.69) is 27.3 Å². The third-order valence-corrected chi connectivity index (χ3v) is 2.69. The van der Waals surface area contributed by atoms with Crippen molar-refractivity contribution < 1.29 is 0 Å². The van der Waals surface area contributed by atoms with Gasteiger partial charge in [0.25, 0.3) is 0 Å². The zero-order chi connectivity index (χ0) is 11.5. The van der Waals surface area contributed by atoms with E-state index in [1.807, 2.05) is 36.4 Å². The molecule has 82 valence electrons. The standard InChI is InChI=1S/C14H11N3/c1-2-6-11(7-3-1)13-10-14(17-16-13)12-8-4-5-9-15-12/h1-9H,10H2. The van der Waals surface area contributed by atoms with E-state index in [1.165, 1.54) is 0 Å². The SMILES string of the molecule is c1ccc(C2=NN=C(c3ccccn3)C2)cc1. The van der Waals surface area contributed by atoms with Gasteiger partial charge in [-0.2, -0.15) is 10.2 Å². The quantitative estimate of drug-likeness (QED) is 0.768. The highest BCUT2D eigenvalue weighted by Gasteiger charge is 2.16. The van der Waals surface area contributed by atoms with E-state index in [1.54, 1.807) is 6.20 Å². The third-order valence-electron chi connectivity index (χ3n) is 2.69. The molecule has 0 radical (unpaired) electrons. The second-order valence-corrected chi connectivity index (χ2v) is 3.85. The molecule has 1 aromatic carbocycles. The first-order valence-corrected chi connectivity index (χ1v) is 5.54. The molecule has 0 unspecified atom stereocenters. The largest absolute Gasteiger partial charge is 0.255 e. The van der Waals surface area contributed by atoms with Crippen molar-refractivity contribution >= 4 is 11.4 Å². The van der Waals surface area contributed by atoms with E-state index in [0.29, 0.717) is 0 Å². The minimum atomic E-state index is 0.751. The predicted octanol–water partition coefficient (Wildman–Crippen LogP) is 2.68. The third kappa shape index (κ3) is 1.99. The van der Waals surface area contributed by atoms with Crippen LogP contribution >= 0.6 is 0 Å². The lowest BCUT2D eigenvalue weighted by atomic mass is 10.0. The Morgan fingerprint density at radius 1 is 0.765 bits per heavy atom. The first-order valence-electron chi connectivity index (χ1n) is 5.54. The molecule has 1 aliphatic rings. The Hall–Kier alpha value is -2.29. The van der Waals surface area contributed by atoms with E-state index in [9.17, 15) is 0 Å². The molecule has 0 saturated heterocycles. The predicted molar refractivity (Wildman–Crippen MR) is 68.4 cm³/mol. The van der Waals surface area contributed by atoms with Crippen LogP contribution in [0.15, 0.2) is 64.9 Å². The molecule has 3 nitrogen and oxygen atoms in total. The van der Waals surface area contributed by atoms with Crippen LogP contribution in [0.4, 0.5) is 0 Å². The first-order chi connectivity index (χ1) is 8.43. The Bertz CT molecular complexity index is 517. The molecule has 0 fully saturated rings. The fraction of sp³-hybridized carbons (Fsp3) is 0.0714. The molecular weight excluding hydrogens is 210 g/mol. The summed E-state index contributed by atoms with van der Waals surface area (Å²) >= 11 is 0. The Labute approximate surface area is 99.6 Å². The van der Waals surface area contributed by atoms with Crippen LogP contribution in [0.2, 0.25) is 0 Å². The highest BCUT2D eigenvalue weighted by Crippen LogP contribution is 2.14. The smallest absolute Gasteiger partial charge is 0.0946 e. The van der Waals surface area contributed by atoms with Crippen LogP contribution < -0.4 is 0 Å². The average Bonchev–Trinajstić information content (AvgIpc) is 2.90. The van der Waals surface area contributed by atoms with Crippen LogP contribution in [-0.2, 0) is 0 Å². The molecule has 17 heavy (non-hydrogen) atoms. The Kier molecular flexibility index (Phi) is 2.50. The summed E-state index contributed by atoms with van der Waals surface area (Å²) in [7, 11) is 0. The van der Waals surface area contributed by atoms with E-state index in [0.717, 1.165) is 29.1 Å². The molecule has 1 aliphatic heterocycles.